The Bertz CT molecular complexity index is 391. The molecular weight excluding hydrogens is 208 g/mol. The smallest absolute Gasteiger partial charge is 0.296 e. The quantitative estimate of drug-likeness (QED) is 0.468. The minimum atomic E-state index is -0.505. The summed E-state index contributed by atoms with van der Waals surface area (Å²) in [4.78, 5) is 10.3. The summed E-state index contributed by atoms with van der Waals surface area (Å²) in [6.07, 6.45) is 0. The van der Waals surface area contributed by atoms with Crippen molar-refractivity contribution in [3.63, 3.8) is 0 Å². The highest BCUT2D eigenvalue weighted by molar-refractivity contribution is 5.64. The van der Waals surface area contributed by atoms with E-state index < -0.39 is 4.92 Å². The maximum atomic E-state index is 10.8. The van der Waals surface area contributed by atoms with Gasteiger partial charge in [0.05, 0.1) is 11.0 Å². The SMILES string of the molecule is CC(C)C(C)Nc1ccc(O)cc1[N+](=O)[O-]. The topological polar surface area (TPSA) is 75.4 Å². The molecule has 1 unspecified atom stereocenters. The van der Waals surface area contributed by atoms with Gasteiger partial charge in [0.25, 0.3) is 5.69 Å². The van der Waals surface area contributed by atoms with Gasteiger partial charge >= 0.3 is 0 Å². The van der Waals surface area contributed by atoms with Crippen molar-refractivity contribution in [2.75, 3.05) is 5.32 Å². The molecule has 2 N–H and O–H groups in total. The Morgan fingerprint density at radius 3 is 2.50 bits per heavy atom. The zero-order valence-electron chi connectivity index (χ0n) is 9.60. The third kappa shape index (κ3) is 2.85. The van der Waals surface area contributed by atoms with E-state index in [0.29, 0.717) is 11.6 Å². The van der Waals surface area contributed by atoms with Crippen LogP contribution >= 0.6 is 0 Å². The number of nitrogens with zero attached hydrogens (tertiary/aromatic N) is 1. The van der Waals surface area contributed by atoms with Gasteiger partial charge < -0.3 is 10.4 Å². The summed E-state index contributed by atoms with van der Waals surface area (Å²) in [5.41, 5.74) is 0.330. The molecule has 0 aliphatic rings. The van der Waals surface area contributed by atoms with Crippen LogP contribution in [-0.2, 0) is 0 Å². The lowest BCUT2D eigenvalue weighted by Crippen LogP contribution is -2.21. The zero-order valence-corrected chi connectivity index (χ0v) is 9.60. The number of benzene rings is 1. The minimum Gasteiger partial charge on any atom is -0.508 e. The van der Waals surface area contributed by atoms with Crippen LogP contribution in [0.2, 0.25) is 0 Å². The molecule has 0 aliphatic heterocycles. The van der Waals surface area contributed by atoms with Gasteiger partial charge in [-0.15, -0.1) is 0 Å². The van der Waals surface area contributed by atoms with E-state index in [1.54, 1.807) is 0 Å². The van der Waals surface area contributed by atoms with Gasteiger partial charge in [0, 0.05) is 6.04 Å². The second-order valence-electron chi connectivity index (χ2n) is 4.14. The van der Waals surface area contributed by atoms with Crippen LogP contribution < -0.4 is 5.32 Å². The summed E-state index contributed by atoms with van der Waals surface area (Å²) in [6, 6.07) is 4.23. The van der Waals surface area contributed by atoms with Crippen molar-refractivity contribution >= 4 is 11.4 Å². The highest BCUT2D eigenvalue weighted by Crippen LogP contribution is 2.29. The second kappa shape index (κ2) is 4.83. The average molecular weight is 224 g/mol. The number of hydrogen-bond acceptors (Lipinski definition) is 4. The average Bonchev–Trinajstić information content (AvgIpc) is 2.20. The highest BCUT2D eigenvalue weighted by atomic mass is 16.6. The molecule has 1 atom stereocenters. The molecule has 0 bridgehead atoms. The number of nitro groups is 1. The predicted octanol–water partition coefficient (Wildman–Crippen LogP) is 2.76. The summed E-state index contributed by atoms with van der Waals surface area (Å²) in [6.45, 7) is 6.02. The Morgan fingerprint density at radius 2 is 2.00 bits per heavy atom. The number of nitro benzene ring substituents is 1. The van der Waals surface area contributed by atoms with Crippen LogP contribution in [0, 0.1) is 16.0 Å². The van der Waals surface area contributed by atoms with Crippen LogP contribution in [0.4, 0.5) is 11.4 Å². The monoisotopic (exact) mass is 224 g/mol. The molecule has 1 aromatic rings. The molecule has 0 spiro atoms. The van der Waals surface area contributed by atoms with Crippen LogP contribution in [0.25, 0.3) is 0 Å². The van der Waals surface area contributed by atoms with Crippen LogP contribution in [0.3, 0.4) is 0 Å². The molecule has 0 aliphatic carbocycles. The number of hydrogen-bond donors (Lipinski definition) is 2. The van der Waals surface area contributed by atoms with E-state index in [-0.39, 0.29) is 17.5 Å². The van der Waals surface area contributed by atoms with Crippen molar-refractivity contribution < 1.29 is 10.0 Å². The van der Waals surface area contributed by atoms with E-state index in [4.69, 9.17) is 0 Å². The molecule has 1 aromatic carbocycles. The summed E-state index contributed by atoms with van der Waals surface area (Å²) in [5, 5.41) is 23.0. The first-order valence-corrected chi connectivity index (χ1v) is 5.15. The number of phenols is 1. The van der Waals surface area contributed by atoms with Crippen LogP contribution in [0.1, 0.15) is 20.8 Å². The molecule has 5 nitrogen and oxygen atoms in total. The zero-order chi connectivity index (χ0) is 12.3. The minimum absolute atomic E-state index is 0.102. The molecule has 0 amide bonds. The predicted molar refractivity (Wildman–Crippen MR) is 62.7 cm³/mol. The van der Waals surface area contributed by atoms with Gasteiger partial charge in [0.1, 0.15) is 11.4 Å². The molecule has 0 heterocycles. The van der Waals surface area contributed by atoms with Crippen LogP contribution in [0.15, 0.2) is 18.2 Å². The van der Waals surface area contributed by atoms with Crippen molar-refractivity contribution in [1.29, 1.82) is 0 Å². The van der Waals surface area contributed by atoms with Gasteiger partial charge in [-0.25, -0.2) is 0 Å². The summed E-state index contributed by atoms with van der Waals surface area (Å²) >= 11 is 0. The fourth-order valence-electron chi connectivity index (χ4n) is 1.21. The normalized spacial score (nSPS) is 12.5. The lowest BCUT2D eigenvalue weighted by atomic mass is 10.1. The Labute approximate surface area is 94.3 Å². The Hall–Kier alpha value is -1.78. The summed E-state index contributed by atoms with van der Waals surface area (Å²) < 4.78 is 0. The standard InChI is InChI=1S/C11H16N2O3/c1-7(2)8(3)12-10-5-4-9(14)6-11(10)13(15)16/h4-8,12,14H,1-3H3. The van der Waals surface area contributed by atoms with E-state index in [0.717, 1.165) is 6.07 Å². The molecule has 5 heteroatoms. The van der Waals surface area contributed by atoms with Gasteiger partial charge in [-0.2, -0.15) is 0 Å². The number of rotatable bonds is 4. The number of aromatic hydroxyl groups is 1. The van der Waals surface area contributed by atoms with Crippen molar-refractivity contribution in [3.8, 4) is 5.75 Å². The first-order chi connectivity index (χ1) is 7.41. The number of anilines is 1. The molecule has 0 radical (unpaired) electrons. The summed E-state index contributed by atoms with van der Waals surface area (Å²) in [5.74, 6) is 0.267. The lowest BCUT2D eigenvalue weighted by Gasteiger charge is -2.18. The van der Waals surface area contributed by atoms with Crippen molar-refractivity contribution in [2.24, 2.45) is 5.92 Å². The lowest BCUT2D eigenvalue weighted by molar-refractivity contribution is -0.384. The van der Waals surface area contributed by atoms with E-state index in [9.17, 15) is 15.2 Å². The first-order valence-electron chi connectivity index (χ1n) is 5.15. The van der Waals surface area contributed by atoms with E-state index >= 15 is 0 Å². The summed E-state index contributed by atoms with van der Waals surface area (Å²) in [7, 11) is 0. The van der Waals surface area contributed by atoms with E-state index in [2.05, 4.69) is 5.32 Å². The van der Waals surface area contributed by atoms with E-state index in [1.165, 1.54) is 12.1 Å². The molecule has 1 rings (SSSR count). The Kier molecular flexibility index (Phi) is 3.71. The fraction of sp³-hybridized carbons (Fsp3) is 0.455. The molecule has 0 fully saturated rings. The fourth-order valence-corrected chi connectivity index (χ4v) is 1.21. The molecule has 0 aromatic heterocycles. The van der Waals surface area contributed by atoms with E-state index in [1.807, 2.05) is 20.8 Å². The third-order valence-electron chi connectivity index (χ3n) is 2.56. The molecule has 0 saturated heterocycles. The van der Waals surface area contributed by atoms with Gasteiger partial charge in [-0.05, 0) is 25.0 Å². The largest absolute Gasteiger partial charge is 0.508 e. The van der Waals surface area contributed by atoms with Crippen molar-refractivity contribution in [1.82, 2.24) is 0 Å². The highest BCUT2D eigenvalue weighted by Gasteiger charge is 2.17. The van der Waals surface area contributed by atoms with Gasteiger partial charge in [0.15, 0.2) is 0 Å². The molecule has 0 saturated carbocycles. The van der Waals surface area contributed by atoms with Gasteiger partial charge in [0.2, 0.25) is 0 Å². The van der Waals surface area contributed by atoms with Crippen molar-refractivity contribution in [3.05, 3.63) is 28.3 Å². The van der Waals surface area contributed by atoms with Crippen molar-refractivity contribution in [2.45, 2.75) is 26.8 Å². The van der Waals surface area contributed by atoms with Crippen LogP contribution in [0.5, 0.6) is 5.75 Å². The number of phenolic OH excluding ortho intramolecular Hbond substituents is 1. The van der Waals surface area contributed by atoms with Crippen LogP contribution in [-0.4, -0.2) is 16.1 Å². The number of nitrogens with one attached hydrogen (secondary N) is 1. The molecule has 88 valence electrons. The third-order valence-corrected chi connectivity index (χ3v) is 2.56. The molecule has 16 heavy (non-hydrogen) atoms. The maximum absolute atomic E-state index is 10.8. The second-order valence-corrected chi connectivity index (χ2v) is 4.14. The van der Waals surface area contributed by atoms with Gasteiger partial charge in [-0.3, -0.25) is 10.1 Å². The maximum Gasteiger partial charge on any atom is 0.296 e. The Morgan fingerprint density at radius 1 is 1.38 bits per heavy atom. The Balaban J connectivity index is 2.99. The molecular formula is C11H16N2O3. The first kappa shape index (κ1) is 12.3. The van der Waals surface area contributed by atoms with Gasteiger partial charge in [-0.1, -0.05) is 13.8 Å².